The van der Waals surface area contributed by atoms with Crippen LogP contribution in [0.2, 0.25) is 0 Å². The number of alkyl halides is 2. The molecule has 0 bridgehead atoms. The highest BCUT2D eigenvalue weighted by Gasteiger charge is 2.18. The normalized spacial score (nSPS) is 10.4. The van der Waals surface area contributed by atoms with E-state index in [2.05, 4.69) is 0 Å². The summed E-state index contributed by atoms with van der Waals surface area (Å²) in [5.41, 5.74) is -0.110. The van der Waals surface area contributed by atoms with Gasteiger partial charge in [-0.05, 0) is 12.1 Å². The maximum atomic E-state index is 10.4. The highest BCUT2D eigenvalue weighted by Crippen LogP contribution is 2.34. The number of phenolic OH excluding ortho intramolecular Hbond substituents is 1. The van der Waals surface area contributed by atoms with Gasteiger partial charge in [0.25, 0.3) is 5.69 Å². The topological polar surface area (TPSA) is 63.4 Å². The fourth-order valence-corrected chi connectivity index (χ4v) is 1.23. The zero-order valence-electron chi connectivity index (χ0n) is 6.28. The van der Waals surface area contributed by atoms with Crippen LogP contribution in [0.5, 0.6) is 5.75 Å². The highest BCUT2D eigenvalue weighted by molar-refractivity contribution is 6.44. The molecule has 0 aliphatic heterocycles. The van der Waals surface area contributed by atoms with E-state index < -0.39 is 9.76 Å². The summed E-state index contributed by atoms with van der Waals surface area (Å²) in [4.78, 5) is 8.82. The third-order valence-corrected chi connectivity index (χ3v) is 1.91. The summed E-state index contributed by atoms with van der Waals surface area (Å²) >= 11 is 10.9. The fourth-order valence-electron chi connectivity index (χ4n) is 0.883. The van der Waals surface area contributed by atoms with Crippen molar-refractivity contribution in [2.75, 3.05) is 0 Å². The second-order valence-corrected chi connectivity index (χ2v) is 3.40. The summed E-state index contributed by atoms with van der Waals surface area (Å²) in [6, 6.07) is 3.53. The number of aromatic hydroxyl groups is 1. The highest BCUT2D eigenvalue weighted by atomic mass is 35.5. The van der Waals surface area contributed by atoms with Gasteiger partial charge in [0.2, 0.25) is 0 Å². The van der Waals surface area contributed by atoms with Crippen molar-refractivity contribution >= 4 is 28.9 Å². The van der Waals surface area contributed by atoms with Gasteiger partial charge in [-0.25, -0.2) is 0 Å². The lowest BCUT2D eigenvalue weighted by Gasteiger charge is -2.02. The van der Waals surface area contributed by atoms with E-state index in [1.165, 1.54) is 12.1 Å². The summed E-state index contributed by atoms with van der Waals surface area (Å²) in [5, 5.41) is 19.5. The van der Waals surface area contributed by atoms with E-state index in [4.69, 9.17) is 28.3 Å². The second kappa shape index (κ2) is 3.81. The summed E-state index contributed by atoms with van der Waals surface area (Å²) in [6.45, 7) is 0. The Morgan fingerprint density at radius 2 is 2.08 bits per heavy atom. The SMILES string of the molecule is O=[N+]([O-])c1ccc(O)cc1C(Cl)Cl. The Balaban J connectivity index is 3.26. The molecule has 70 valence electrons. The standard InChI is InChI=1S/C7H5Cl2NO3/c8-7(9)5-3-4(11)1-2-6(5)10(12)13/h1-3,7,11H. The van der Waals surface area contributed by atoms with Crippen molar-refractivity contribution < 1.29 is 10.0 Å². The van der Waals surface area contributed by atoms with Crippen molar-refractivity contribution in [3.8, 4) is 5.75 Å². The van der Waals surface area contributed by atoms with Crippen molar-refractivity contribution in [1.29, 1.82) is 0 Å². The molecule has 0 saturated heterocycles. The molecule has 1 aromatic rings. The summed E-state index contributed by atoms with van der Waals surface area (Å²) in [6.07, 6.45) is 0. The number of phenols is 1. The van der Waals surface area contributed by atoms with Crippen LogP contribution in [0.15, 0.2) is 18.2 Å². The van der Waals surface area contributed by atoms with E-state index in [0.717, 1.165) is 6.07 Å². The monoisotopic (exact) mass is 221 g/mol. The van der Waals surface area contributed by atoms with Crippen LogP contribution >= 0.6 is 23.2 Å². The Labute approximate surface area is 83.9 Å². The Bertz CT molecular complexity index is 341. The number of hydrogen-bond acceptors (Lipinski definition) is 3. The number of nitro benzene ring substituents is 1. The predicted octanol–water partition coefficient (Wildman–Crippen LogP) is 2.78. The Morgan fingerprint density at radius 3 is 2.54 bits per heavy atom. The zero-order chi connectivity index (χ0) is 10.0. The van der Waals surface area contributed by atoms with E-state index in [1.54, 1.807) is 0 Å². The molecule has 0 heterocycles. The molecule has 1 rings (SSSR count). The van der Waals surface area contributed by atoms with Crippen LogP contribution in [0.4, 0.5) is 5.69 Å². The Kier molecular flexibility index (Phi) is 2.95. The first-order valence-electron chi connectivity index (χ1n) is 3.28. The van der Waals surface area contributed by atoms with Crippen LogP contribution in [0.1, 0.15) is 10.4 Å². The van der Waals surface area contributed by atoms with Gasteiger partial charge in [-0.1, -0.05) is 23.2 Å². The van der Waals surface area contributed by atoms with Gasteiger partial charge in [-0.2, -0.15) is 0 Å². The molecule has 0 spiro atoms. The Hall–Kier alpha value is -1.00. The van der Waals surface area contributed by atoms with Gasteiger partial charge >= 0.3 is 0 Å². The number of halogens is 2. The number of nitro groups is 1. The smallest absolute Gasteiger partial charge is 0.275 e. The summed E-state index contributed by atoms with van der Waals surface area (Å²) < 4.78 is 0. The molecule has 0 unspecified atom stereocenters. The third-order valence-electron chi connectivity index (χ3n) is 1.44. The quantitative estimate of drug-likeness (QED) is 0.475. The molecule has 4 nitrogen and oxygen atoms in total. The maximum Gasteiger partial charge on any atom is 0.275 e. The minimum Gasteiger partial charge on any atom is -0.508 e. The van der Waals surface area contributed by atoms with Crippen molar-refractivity contribution in [2.24, 2.45) is 0 Å². The molecule has 0 radical (unpaired) electrons. The van der Waals surface area contributed by atoms with E-state index >= 15 is 0 Å². The van der Waals surface area contributed by atoms with Gasteiger partial charge < -0.3 is 5.11 Å². The molecular formula is C7H5Cl2NO3. The molecule has 0 fully saturated rings. The predicted molar refractivity (Wildman–Crippen MR) is 49.2 cm³/mol. The average molecular weight is 222 g/mol. The first kappa shape index (κ1) is 10.1. The third kappa shape index (κ3) is 2.23. The molecule has 0 aliphatic rings. The van der Waals surface area contributed by atoms with Gasteiger partial charge in [0.15, 0.2) is 0 Å². The van der Waals surface area contributed by atoms with E-state index in [-0.39, 0.29) is 17.0 Å². The molecule has 1 N–H and O–H groups in total. The van der Waals surface area contributed by atoms with Crippen LogP contribution in [-0.4, -0.2) is 10.0 Å². The van der Waals surface area contributed by atoms with E-state index in [9.17, 15) is 10.1 Å². The van der Waals surface area contributed by atoms with Gasteiger partial charge in [-0.15, -0.1) is 0 Å². The molecule has 0 amide bonds. The van der Waals surface area contributed by atoms with Crippen LogP contribution < -0.4 is 0 Å². The van der Waals surface area contributed by atoms with Gasteiger partial charge in [-0.3, -0.25) is 10.1 Å². The summed E-state index contributed by atoms with van der Waals surface area (Å²) in [5.74, 6) is -0.105. The number of nitrogens with zero attached hydrogens (tertiary/aromatic N) is 1. The molecule has 0 aromatic heterocycles. The van der Waals surface area contributed by atoms with Crippen molar-refractivity contribution in [2.45, 2.75) is 4.84 Å². The van der Waals surface area contributed by atoms with Crippen LogP contribution in [-0.2, 0) is 0 Å². The molecule has 1 aromatic carbocycles. The van der Waals surface area contributed by atoms with Crippen LogP contribution in [0, 0.1) is 10.1 Å². The number of hydrogen-bond donors (Lipinski definition) is 1. The largest absolute Gasteiger partial charge is 0.508 e. The maximum absolute atomic E-state index is 10.4. The molecule has 0 atom stereocenters. The van der Waals surface area contributed by atoms with Crippen LogP contribution in [0.3, 0.4) is 0 Å². The second-order valence-electron chi connectivity index (χ2n) is 2.30. The van der Waals surface area contributed by atoms with Gasteiger partial charge in [0.1, 0.15) is 10.6 Å². The molecule has 0 saturated carbocycles. The van der Waals surface area contributed by atoms with Crippen LogP contribution in [0.25, 0.3) is 0 Å². The first-order valence-corrected chi connectivity index (χ1v) is 4.15. The zero-order valence-corrected chi connectivity index (χ0v) is 7.79. The van der Waals surface area contributed by atoms with Gasteiger partial charge in [0, 0.05) is 6.07 Å². The first-order chi connectivity index (χ1) is 6.02. The van der Waals surface area contributed by atoms with Crippen molar-refractivity contribution in [3.05, 3.63) is 33.9 Å². The van der Waals surface area contributed by atoms with E-state index in [1.807, 2.05) is 0 Å². The summed E-state index contributed by atoms with van der Waals surface area (Å²) in [7, 11) is 0. The van der Waals surface area contributed by atoms with E-state index in [0.29, 0.717) is 0 Å². The molecule has 0 aliphatic carbocycles. The Morgan fingerprint density at radius 1 is 1.46 bits per heavy atom. The lowest BCUT2D eigenvalue weighted by atomic mass is 10.2. The average Bonchev–Trinajstić information content (AvgIpc) is 2.03. The number of benzene rings is 1. The lowest BCUT2D eigenvalue weighted by Crippen LogP contribution is -1.94. The van der Waals surface area contributed by atoms with Gasteiger partial charge in [0.05, 0.1) is 10.5 Å². The minimum absolute atomic E-state index is 0.0910. The minimum atomic E-state index is -1.02. The number of rotatable bonds is 2. The fraction of sp³-hybridized carbons (Fsp3) is 0.143. The molecular weight excluding hydrogens is 217 g/mol. The molecule has 6 heteroatoms. The van der Waals surface area contributed by atoms with Crippen molar-refractivity contribution in [1.82, 2.24) is 0 Å². The lowest BCUT2D eigenvalue weighted by molar-refractivity contribution is -0.385. The molecule has 13 heavy (non-hydrogen) atoms. The van der Waals surface area contributed by atoms with Crippen molar-refractivity contribution in [3.63, 3.8) is 0 Å².